The Morgan fingerprint density at radius 3 is 2.82 bits per heavy atom. The number of nitrogens with zero attached hydrogens (tertiary/aromatic N) is 2. The lowest BCUT2D eigenvalue weighted by Crippen LogP contribution is -2.24. The van der Waals surface area contributed by atoms with Crippen LogP contribution in [0.3, 0.4) is 0 Å². The first-order valence-corrected chi connectivity index (χ1v) is 6.92. The topological polar surface area (TPSA) is 90.5 Å². The van der Waals surface area contributed by atoms with Gasteiger partial charge in [-0.25, -0.2) is 0 Å². The van der Waals surface area contributed by atoms with Gasteiger partial charge in [-0.15, -0.1) is 10.2 Å². The first kappa shape index (κ1) is 14.7. The average molecular weight is 279 g/mol. The Morgan fingerprint density at radius 2 is 2.24 bits per heavy atom. The minimum Gasteiger partial charge on any atom is -0.390 e. The number of thioether (sulfide) groups is 1. The highest BCUT2D eigenvalue weighted by Gasteiger charge is 2.10. The molecule has 0 radical (unpaired) electrons. The van der Waals surface area contributed by atoms with Crippen molar-refractivity contribution in [2.75, 3.05) is 31.8 Å². The number of nitrogens with two attached hydrogens (primary N) is 1. The number of aliphatic hydroxyl groups excluding tert-OH is 1. The van der Waals surface area contributed by atoms with Gasteiger partial charge in [0.2, 0.25) is 5.13 Å². The van der Waals surface area contributed by atoms with E-state index in [2.05, 4.69) is 10.2 Å². The van der Waals surface area contributed by atoms with Gasteiger partial charge in [0, 0.05) is 12.9 Å². The fourth-order valence-electron chi connectivity index (χ4n) is 1.05. The van der Waals surface area contributed by atoms with E-state index in [1.807, 2.05) is 6.92 Å². The second-order valence-corrected chi connectivity index (χ2v) is 5.75. The normalized spacial score (nSPS) is 14.8. The van der Waals surface area contributed by atoms with Crippen LogP contribution in [0.15, 0.2) is 4.34 Å². The van der Waals surface area contributed by atoms with Crippen LogP contribution in [-0.4, -0.2) is 53.6 Å². The van der Waals surface area contributed by atoms with Crippen molar-refractivity contribution in [1.29, 1.82) is 0 Å². The molecule has 0 saturated heterocycles. The molecule has 17 heavy (non-hydrogen) atoms. The Balaban J connectivity index is 2.14. The summed E-state index contributed by atoms with van der Waals surface area (Å²) in [6, 6.07) is 0. The van der Waals surface area contributed by atoms with Crippen molar-refractivity contribution in [2.24, 2.45) is 0 Å². The third-order valence-electron chi connectivity index (χ3n) is 1.80. The van der Waals surface area contributed by atoms with E-state index < -0.39 is 6.10 Å². The van der Waals surface area contributed by atoms with Gasteiger partial charge in [-0.2, -0.15) is 0 Å². The lowest BCUT2D eigenvalue weighted by Gasteiger charge is -2.14. The van der Waals surface area contributed by atoms with E-state index >= 15 is 0 Å². The van der Waals surface area contributed by atoms with Gasteiger partial charge in [0.05, 0.1) is 25.4 Å². The summed E-state index contributed by atoms with van der Waals surface area (Å²) in [4.78, 5) is 0. The smallest absolute Gasteiger partial charge is 0.203 e. The molecule has 0 saturated carbocycles. The molecule has 0 fully saturated rings. The minimum absolute atomic E-state index is 0.0168. The summed E-state index contributed by atoms with van der Waals surface area (Å²) in [6.45, 7) is 2.70. The Labute approximate surface area is 109 Å². The van der Waals surface area contributed by atoms with Crippen LogP contribution in [0.1, 0.15) is 6.92 Å². The maximum absolute atomic E-state index is 9.67. The number of aromatic nitrogens is 2. The monoisotopic (exact) mass is 279 g/mol. The van der Waals surface area contributed by atoms with Crippen LogP contribution < -0.4 is 5.73 Å². The highest BCUT2D eigenvalue weighted by Crippen LogP contribution is 2.23. The number of hydrogen-bond donors (Lipinski definition) is 2. The van der Waals surface area contributed by atoms with Crippen LogP contribution in [0.4, 0.5) is 5.13 Å². The van der Waals surface area contributed by atoms with Gasteiger partial charge in [0.1, 0.15) is 0 Å². The number of nitrogen functional groups attached to an aromatic ring is 1. The van der Waals surface area contributed by atoms with Crippen molar-refractivity contribution in [3.8, 4) is 0 Å². The molecule has 1 heterocycles. The summed E-state index contributed by atoms with van der Waals surface area (Å²) in [5.74, 6) is 0.508. The summed E-state index contributed by atoms with van der Waals surface area (Å²) in [5.41, 5.74) is 5.45. The minimum atomic E-state index is -0.538. The van der Waals surface area contributed by atoms with Gasteiger partial charge in [0.15, 0.2) is 4.34 Å². The molecule has 6 nitrogen and oxygen atoms in total. The zero-order valence-electron chi connectivity index (χ0n) is 9.83. The van der Waals surface area contributed by atoms with E-state index in [1.165, 1.54) is 23.1 Å². The van der Waals surface area contributed by atoms with Gasteiger partial charge in [-0.05, 0) is 6.92 Å². The molecular weight excluding hydrogens is 262 g/mol. The standard InChI is InChI=1S/C9H17N3O3S2/c1-6(3-14-2)15-4-7(13)5-16-9-12-11-8(10)17-9/h6-7,13H,3-5H2,1-2H3,(H2,10,11). The van der Waals surface area contributed by atoms with Crippen LogP contribution in [-0.2, 0) is 9.47 Å². The molecule has 0 aliphatic carbocycles. The molecule has 3 N–H and O–H groups in total. The van der Waals surface area contributed by atoms with Crippen molar-refractivity contribution < 1.29 is 14.6 Å². The van der Waals surface area contributed by atoms with E-state index in [0.29, 0.717) is 17.5 Å². The molecular formula is C9H17N3O3S2. The summed E-state index contributed by atoms with van der Waals surface area (Å²) in [5, 5.41) is 17.6. The van der Waals surface area contributed by atoms with E-state index in [4.69, 9.17) is 15.2 Å². The number of rotatable bonds is 8. The number of anilines is 1. The zero-order chi connectivity index (χ0) is 12.7. The molecule has 0 aliphatic heterocycles. The van der Waals surface area contributed by atoms with E-state index in [9.17, 15) is 5.11 Å². The van der Waals surface area contributed by atoms with Crippen LogP contribution in [0, 0.1) is 0 Å². The van der Waals surface area contributed by atoms with E-state index in [-0.39, 0.29) is 12.7 Å². The molecule has 2 atom stereocenters. The molecule has 0 spiro atoms. The maximum Gasteiger partial charge on any atom is 0.203 e. The second kappa shape index (κ2) is 7.83. The fraction of sp³-hybridized carbons (Fsp3) is 0.778. The Morgan fingerprint density at radius 1 is 1.47 bits per heavy atom. The lowest BCUT2D eigenvalue weighted by atomic mass is 10.4. The predicted octanol–water partition coefficient (Wildman–Crippen LogP) is 0.625. The summed E-state index contributed by atoms with van der Waals surface area (Å²) < 4.78 is 11.1. The maximum atomic E-state index is 9.67. The van der Waals surface area contributed by atoms with Crippen LogP contribution >= 0.6 is 23.1 Å². The van der Waals surface area contributed by atoms with E-state index in [1.54, 1.807) is 7.11 Å². The Bertz CT molecular complexity index is 324. The SMILES string of the molecule is COCC(C)OCC(O)CSc1nnc(N)s1. The van der Waals surface area contributed by atoms with Gasteiger partial charge in [-0.3, -0.25) is 0 Å². The molecule has 1 aromatic heterocycles. The molecule has 98 valence electrons. The molecule has 0 aromatic carbocycles. The van der Waals surface area contributed by atoms with Gasteiger partial charge in [-0.1, -0.05) is 23.1 Å². The largest absolute Gasteiger partial charge is 0.390 e. The summed E-state index contributed by atoms with van der Waals surface area (Å²) in [7, 11) is 1.62. The quantitative estimate of drug-likeness (QED) is 0.674. The van der Waals surface area contributed by atoms with Crippen LogP contribution in [0.25, 0.3) is 0 Å². The van der Waals surface area contributed by atoms with Crippen LogP contribution in [0.2, 0.25) is 0 Å². The van der Waals surface area contributed by atoms with Crippen molar-refractivity contribution in [2.45, 2.75) is 23.5 Å². The third kappa shape index (κ3) is 6.18. The fourth-order valence-corrected chi connectivity index (χ4v) is 2.62. The van der Waals surface area contributed by atoms with Crippen molar-refractivity contribution >= 4 is 28.2 Å². The van der Waals surface area contributed by atoms with Gasteiger partial charge >= 0.3 is 0 Å². The zero-order valence-corrected chi connectivity index (χ0v) is 11.5. The highest BCUT2D eigenvalue weighted by atomic mass is 32.2. The number of methoxy groups -OCH3 is 1. The Hall–Kier alpha value is -0.410. The first-order valence-electron chi connectivity index (χ1n) is 5.12. The van der Waals surface area contributed by atoms with E-state index in [0.717, 1.165) is 4.34 Å². The van der Waals surface area contributed by atoms with Gasteiger partial charge < -0.3 is 20.3 Å². The average Bonchev–Trinajstić information content (AvgIpc) is 2.70. The van der Waals surface area contributed by atoms with Crippen LogP contribution in [0.5, 0.6) is 0 Å². The lowest BCUT2D eigenvalue weighted by molar-refractivity contribution is -0.0257. The van der Waals surface area contributed by atoms with Crippen molar-refractivity contribution in [3.05, 3.63) is 0 Å². The third-order valence-corrected chi connectivity index (χ3v) is 3.83. The Kier molecular flexibility index (Phi) is 6.75. The second-order valence-electron chi connectivity index (χ2n) is 3.47. The molecule has 0 aliphatic rings. The molecule has 8 heteroatoms. The predicted molar refractivity (Wildman–Crippen MR) is 68.3 cm³/mol. The van der Waals surface area contributed by atoms with Crippen molar-refractivity contribution in [3.63, 3.8) is 0 Å². The summed E-state index contributed by atoms with van der Waals surface area (Å²) >= 11 is 2.73. The molecule has 0 bridgehead atoms. The van der Waals surface area contributed by atoms with Crippen molar-refractivity contribution in [1.82, 2.24) is 10.2 Å². The molecule has 1 aromatic rings. The number of ether oxygens (including phenoxy) is 2. The summed E-state index contributed by atoms with van der Waals surface area (Å²) in [6.07, 6.45) is -0.554. The molecule has 2 unspecified atom stereocenters. The van der Waals surface area contributed by atoms with Gasteiger partial charge in [0.25, 0.3) is 0 Å². The molecule has 0 amide bonds. The number of aliphatic hydroxyl groups is 1. The highest BCUT2D eigenvalue weighted by molar-refractivity contribution is 8.01. The molecule has 1 rings (SSSR count). The first-order chi connectivity index (χ1) is 8.11. The number of hydrogen-bond acceptors (Lipinski definition) is 8.